The molecule has 5 heterocycles. The van der Waals surface area contributed by atoms with Gasteiger partial charge in [-0.25, -0.2) is 0 Å². The standard InChI is InChI=1S/C21H19N3O2S/c25-19-6-5-17(15-3-1-7-22-10-15)20-16-9-14(12-24(19)20)11-23(13-16)21(26)18-4-2-8-27-18/h1-8,10,14,16H,9,11-13H2/t14-,16+/m0/s1. The van der Waals surface area contributed by atoms with Crippen molar-refractivity contribution in [3.05, 3.63) is 75.1 Å². The lowest BCUT2D eigenvalue weighted by atomic mass is 9.80. The van der Waals surface area contributed by atoms with Gasteiger partial charge in [0.2, 0.25) is 0 Å². The van der Waals surface area contributed by atoms with Gasteiger partial charge in [-0.05, 0) is 35.9 Å². The Morgan fingerprint density at radius 2 is 2.04 bits per heavy atom. The number of fused-ring (bicyclic) bond motifs is 4. The van der Waals surface area contributed by atoms with Gasteiger partial charge in [-0.1, -0.05) is 12.1 Å². The smallest absolute Gasteiger partial charge is 0.263 e. The Bertz CT molecular complexity index is 1040. The summed E-state index contributed by atoms with van der Waals surface area (Å²) in [6.45, 7) is 2.05. The van der Waals surface area contributed by atoms with Gasteiger partial charge in [0, 0.05) is 60.8 Å². The van der Waals surface area contributed by atoms with Gasteiger partial charge in [-0.3, -0.25) is 14.6 Å². The van der Waals surface area contributed by atoms with Crippen molar-refractivity contribution in [3.8, 4) is 11.1 Å². The van der Waals surface area contributed by atoms with Crippen molar-refractivity contribution in [1.29, 1.82) is 0 Å². The molecule has 0 saturated carbocycles. The van der Waals surface area contributed by atoms with Crippen molar-refractivity contribution in [2.45, 2.75) is 18.9 Å². The summed E-state index contributed by atoms with van der Waals surface area (Å²) in [5, 5.41) is 1.94. The normalized spacial score (nSPS) is 21.0. The number of likely N-dealkylation sites (tertiary alicyclic amines) is 1. The quantitative estimate of drug-likeness (QED) is 0.689. The third-order valence-corrected chi connectivity index (χ3v) is 6.44. The first-order valence-corrected chi connectivity index (χ1v) is 10.1. The fourth-order valence-electron chi connectivity index (χ4n) is 4.50. The van der Waals surface area contributed by atoms with Crippen LogP contribution in [0.4, 0.5) is 0 Å². The maximum absolute atomic E-state index is 12.9. The number of piperidine rings is 1. The number of carbonyl (C=O) groups excluding carboxylic acids is 1. The zero-order valence-electron chi connectivity index (χ0n) is 14.7. The van der Waals surface area contributed by atoms with Crippen LogP contribution in [0.3, 0.4) is 0 Å². The maximum atomic E-state index is 12.9. The lowest BCUT2D eigenvalue weighted by Gasteiger charge is -2.43. The minimum absolute atomic E-state index is 0.0466. The SMILES string of the molecule is O=C(c1cccs1)N1C[C@@H]2C[C@H](C1)c1c(-c3cccnc3)ccc(=O)n1C2. The van der Waals surface area contributed by atoms with E-state index in [0.29, 0.717) is 19.0 Å². The largest absolute Gasteiger partial charge is 0.337 e. The number of nitrogens with zero attached hydrogens (tertiary/aromatic N) is 3. The van der Waals surface area contributed by atoms with Crippen LogP contribution in [0.2, 0.25) is 0 Å². The second kappa shape index (κ2) is 6.46. The molecule has 1 amide bonds. The average Bonchev–Trinajstić information content (AvgIpc) is 3.23. The minimum atomic E-state index is 0.0466. The van der Waals surface area contributed by atoms with Crippen molar-refractivity contribution in [1.82, 2.24) is 14.5 Å². The highest BCUT2D eigenvalue weighted by atomic mass is 32.1. The third kappa shape index (κ3) is 2.80. The van der Waals surface area contributed by atoms with Gasteiger partial charge in [-0.2, -0.15) is 0 Å². The Hall–Kier alpha value is -2.73. The van der Waals surface area contributed by atoms with Crippen LogP contribution in [0.15, 0.2) is 59.0 Å². The van der Waals surface area contributed by atoms with Gasteiger partial charge in [0.15, 0.2) is 0 Å². The van der Waals surface area contributed by atoms with Gasteiger partial charge in [-0.15, -0.1) is 11.3 Å². The van der Waals surface area contributed by atoms with E-state index in [4.69, 9.17) is 0 Å². The Morgan fingerprint density at radius 3 is 2.81 bits per heavy atom. The molecule has 2 aliphatic heterocycles. The number of hydrogen-bond acceptors (Lipinski definition) is 4. The summed E-state index contributed by atoms with van der Waals surface area (Å²) in [5.74, 6) is 0.599. The third-order valence-electron chi connectivity index (χ3n) is 5.58. The number of carbonyl (C=O) groups is 1. The molecule has 6 heteroatoms. The summed E-state index contributed by atoms with van der Waals surface area (Å²) in [5.41, 5.74) is 3.17. The van der Waals surface area contributed by atoms with E-state index < -0.39 is 0 Å². The van der Waals surface area contributed by atoms with Gasteiger partial charge in [0.25, 0.3) is 11.5 Å². The molecule has 3 aromatic rings. The lowest BCUT2D eigenvalue weighted by molar-refractivity contribution is 0.0600. The summed E-state index contributed by atoms with van der Waals surface area (Å²) in [7, 11) is 0. The maximum Gasteiger partial charge on any atom is 0.263 e. The summed E-state index contributed by atoms with van der Waals surface area (Å²) in [6, 6.07) is 11.3. The molecule has 0 radical (unpaired) electrons. The molecule has 5 rings (SSSR count). The second-order valence-electron chi connectivity index (χ2n) is 7.31. The first kappa shape index (κ1) is 16.4. The molecule has 2 atom stereocenters. The molecule has 0 aliphatic carbocycles. The molecule has 1 saturated heterocycles. The van der Waals surface area contributed by atoms with Gasteiger partial charge >= 0.3 is 0 Å². The van der Waals surface area contributed by atoms with E-state index in [-0.39, 0.29) is 17.4 Å². The first-order chi connectivity index (χ1) is 13.2. The van der Waals surface area contributed by atoms with E-state index >= 15 is 0 Å². The van der Waals surface area contributed by atoms with Crippen molar-refractivity contribution >= 4 is 17.2 Å². The topological polar surface area (TPSA) is 55.2 Å². The van der Waals surface area contributed by atoms with Crippen LogP contribution < -0.4 is 5.56 Å². The highest BCUT2D eigenvalue weighted by Gasteiger charge is 2.38. The fraction of sp³-hybridized carbons (Fsp3) is 0.286. The number of hydrogen-bond donors (Lipinski definition) is 0. The summed E-state index contributed by atoms with van der Waals surface area (Å²) in [6.07, 6.45) is 4.61. The number of aromatic nitrogens is 2. The van der Waals surface area contributed by atoms with Crippen molar-refractivity contribution in [2.24, 2.45) is 5.92 Å². The molecule has 0 aromatic carbocycles. The van der Waals surface area contributed by atoms with Crippen LogP contribution in [0, 0.1) is 5.92 Å². The van der Waals surface area contributed by atoms with Crippen molar-refractivity contribution in [2.75, 3.05) is 13.1 Å². The number of amides is 1. The van der Waals surface area contributed by atoms with Crippen LogP contribution in [-0.4, -0.2) is 33.4 Å². The molecule has 0 spiro atoms. The van der Waals surface area contributed by atoms with E-state index in [9.17, 15) is 9.59 Å². The van der Waals surface area contributed by atoms with Gasteiger partial charge < -0.3 is 9.47 Å². The second-order valence-corrected chi connectivity index (χ2v) is 8.26. The molecular weight excluding hydrogens is 358 g/mol. The molecule has 0 unspecified atom stereocenters. The minimum Gasteiger partial charge on any atom is -0.337 e. The van der Waals surface area contributed by atoms with E-state index in [1.165, 1.54) is 11.3 Å². The van der Waals surface area contributed by atoms with E-state index in [1.807, 2.05) is 51.4 Å². The van der Waals surface area contributed by atoms with Gasteiger partial charge in [0.05, 0.1) is 4.88 Å². The number of thiophene rings is 1. The predicted octanol–water partition coefficient (Wildman–Crippen LogP) is 3.23. The Labute approximate surface area is 160 Å². The zero-order valence-corrected chi connectivity index (χ0v) is 15.6. The van der Waals surface area contributed by atoms with Crippen LogP contribution >= 0.6 is 11.3 Å². The van der Waals surface area contributed by atoms with Crippen LogP contribution in [0.5, 0.6) is 0 Å². The van der Waals surface area contributed by atoms with E-state index in [1.54, 1.807) is 12.3 Å². The van der Waals surface area contributed by atoms with Crippen molar-refractivity contribution in [3.63, 3.8) is 0 Å². The Balaban J connectivity index is 1.57. The molecule has 27 heavy (non-hydrogen) atoms. The van der Waals surface area contributed by atoms with Crippen LogP contribution in [-0.2, 0) is 6.54 Å². The number of pyridine rings is 2. The Kier molecular flexibility index (Phi) is 3.93. The lowest BCUT2D eigenvalue weighted by Crippen LogP contribution is -2.49. The molecule has 0 N–H and O–H groups in total. The average molecular weight is 377 g/mol. The highest BCUT2D eigenvalue weighted by molar-refractivity contribution is 7.12. The summed E-state index contributed by atoms with van der Waals surface area (Å²) in [4.78, 5) is 32.4. The van der Waals surface area contributed by atoms with E-state index in [2.05, 4.69) is 4.98 Å². The van der Waals surface area contributed by atoms with Gasteiger partial charge in [0.1, 0.15) is 0 Å². The molecule has 136 valence electrons. The molecular formula is C21H19N3O2S. The summed E-state index contributed by atoms with van der Waals surface area (Å²) >= 11 is 1.49. The van der Waals surface area contributed by atoms with Crippen molar-refractivity contribution < 1.29 is 4.79 Å². The number of rotatable bonds is 2. The molecule has 3 aromatic heterocycles. The monoisotopic (exact) mass is 377 g/mol. The summed E-state index contributed by atoms with van der Waals surface area (Å²) < 4.78 is 1.92. The Morgan fingerprint density at radius 1 is 1.11 bits per heavy atom. The zero-order chi connectivity index (χ0) is 18.4. The van der Waals surface area contributed by atoms with Crippen LogP contribution in [0.1, 0.15) is 27.7 Å². The molecule has 5 nitrogen and oxygen atoms in total. The molecule has 2 aliphatic rings. The van der Waals surface area contributed by atoms with Crippen LogP contribution in [0.25, 0.3) is 11.1 Å². The predicted molar refractivity (Wildman–Crippen MR) is 105 cm³/mol. The van der Waals surface area contributed by atoms with E-state index in [0.717, 1.165) is 34.7 Å². The molecule has 1 fully saturated rings. The highest BCUT2D eigenvalue weighted by Crippen LogP contribution is 2.40. The first-order valence-electron chi connectivity index (χ1n) is 9.17. The fourth-order valence-corrected chi connectivity index (χ4v) is 5.19. The molecule has 2 bridgehead atoms.